The lowest BCUT2D eigenvalue weighted by molar-refractivity contribution is -0.161. The van der Waals surface area contributed by atoms with Gasteiger partial charge in [-0.05, 0) is 37.5 Å². The zero-order chi connectivity index (χ0) is 61.5. The summed E-state index contributed by atoms with van der Waals surface area (Å²) in [5, 5.41) is 10.5. The second kappa shape index (κ2) is 56.6. The zero-order valence-electron chi connectivity index (χ0n) is 53.5. The van der Waals surface area contributed by atoms with E-state index in [9.17, 15) is 43.2 Å². The molecule has 0 amide bonds. The largest absolute Gasteiger partial charge is 0.472 e. The van der Waals surface area contributed by atoms with Crippen molar-refractivity contribution in [3.8, 4) is 0 Å². The molecule has 492 valence electrons. The predicted octanol–water partition coefficient (Wildman–Crippen LogP) is 17.7. The molecule has 19 heteroatoms. The van der Waals surface area contributed by atoms with E-state index in [0.29, 0.717) is 31.6 Å². The second-order valence-electron chi connectivity index (χ2n) is 24.1. The maximum atomic E-state index is 13.0. The summed E-state index contributed by atoms with van der Waals surface area (Å²) in [5.41, 5.74) is 0. The van der Waals surface area contributed by atoms with Gasteiger partial charge in [-0.2, -0.15) is 0 Å². The second-order valence-corrected chi connectivity index (χ2v) is 27.0. The standard InChI is InChI=1S/C64H124O17P2/c1-7-9-11-13-14-15-16-22-25-28-35-41-47-62(67)75-53-60(80-63(68)48-42-36-29-26-23-20-18-17-19-21-24-27-33-38-44-56(3)4)55-79-83(72,73)77-51-58(65)50-76-82(70,71)78-54-59(52-74-61(66)46-40-32-12-10-8-2)81-64(69)49-43-37-31-30-34-39-45-57(5)6/h56-60,65H,7-55H2,1-6H3,(H,70,71)(H,72,73)/t58-,59+,60+/m0/s1. The Hall–Kier alpha value is -1.94. The number of hydrogen-bond acceptors (Lipinski definition) is 15. The van der Waals surface area contributed by atoms with Gasteiger partial charge in [-0.15, -0.1) is 0 Å². The molecule has 0 saturated heterocycles. The third-order valence-electron chi connectivity index (χ3n) is 14.7. The summed E-state index contributed by atoms with van der Waals surface area (Å²) in [4.78, 5) is 71.9. The van der Waals surface area contributed by atoms with Crippen LogP contribution in [-0.2, 0) is 65.4 Å². The van der Waals surface area contributed by atoms with Crippen LogP contribution in [0.25, 0.3) is 0 Å². The van der Waals surface area contributed by atoms with Gasteiger partial charge in [0.2, 0.25) is 0 Å². The molecule has 0 spiro atoms. The Morgan fingerprint density at radius 3 is 0.819 bits per heavy atom. The lowest BCUT2D eigenvalue weighted by Gasteiger charge is -2.21. The number of unbranched alkanes of at least 4 members (excludes halogenated alkanes) is 33. The highest BCUT2D eigenvalue weighted by Gasteiger charge is 2.30. The number of phosphoric acid groups is 2. The van der Waals surface area contributed by atoms with Crippen LogP contribution in [0.5, 0.6) is 0 Å². The first-order chi connectivity index (χ1) is 39.9. The van der Waals surface area contributed by atoms with Crippen molar-refractivity contribution in [2.24, 2.45) is 11.8 Å². The van der Waals surface area contributed by atoms with Gasteiger partial charge in [0.25, 0.3) is 0 Å². The molecule has 2 unspecified atom stereocenters. The first kappa shape index (κ1) is 81.1. The summed E-state index contributed by atoms with van der Waals surface area (Å²) in [7, 11) is -9.88. The molecule has 0 radical (unpaired) electrons. The predicted molar refractivity (Wildman–Crippen MR) is 331 cm³/mol. The van der Waals surface area contributed by atoms with Crippen LogP contribution in [0.3, 0.4) is 0 Å². The highest BCUT2D eigenvalue weighted by Crippen LogP contribution is 2.45. The highest BCUT2D eigenvalue weighted by atomic mass is 31.2. The van der Waals surface area contributed by atoms with Crippen molar-refractivity contribution in [1.29, 1.82) is 0 Å². The zero-order valence-corrected chi connectivity index (χ0v) is 55.3. The van der Waals surface area contributed by atoms with Gasteiger partial charge in [-0.3, -0.25) is 37.3 Å². The fraction of sp³-hybridized carbons (Fsp3) is 0.938. The summed E-state index contributed by atoms with van der Waals surface area (Å²) in [6.07, 6.45) is 39.5. The summed E-state index contributed by atoms with van der Waals surface area (Å²) in [6.45, 7) is 9.34. The number of ether oxygens (including phenoxy) is 4. The minimum atomic E-state index is -4.94. The Balaban J connectivity index is 5.15. The molecule has 0 rings (SSSR count). The minimum absolute atomic E-state index is 0.101. The smallest absolute Gasteiger partial charge is 0.462 e. The molecule has 0 heterocycles. The van der Waals surface area contributed by atoms with E-state index >= 15 is 0 Å². The average Bonchev–Trinajstić information content (AvgIpc) is 3.45. The van der Waals surface area contributed by atoms with Crippen LogP contribution in [0.4, 0.5) is 0 Å². The van der Waals surface area contributed by atoms with Gasteiger partial charge in [0, 0.05) is 25.7 Å². The summed E-state index contributed by atoms with van der Waals surface area (Å²) in [6, 6.07) is 0. The molecule has 0 fully saturated rings. The molecule has 0 aromatic rings. The molecule has 0 bridgehead atoms. The van der Waals surface area contributed by atoms with Crippen molar-refractivity contribution in [3.05, 3.63) is 0 Å². The van der Waals surface area contributed by atoms with Crippen molar-refractivity contribution >= 4 is 39.5 Å². The highest BCUT2D eigenvalue weighted by molar-refractivity contribution is 7.47. The molecule has 83 heavy (non-hydrogen) atoms. The molecule has 0 saturated carbocycles. The first-order valence-corrected chi connectivity index (χ1v) is 36.5. The number of carbonyl (C=O) groups is 4. The van der Waals surface area contributed by atoms with E-state index in [1.54, 1.807) is 0 Å². The Bertz CT molecular complexity index is 1630. The van der Waals surface area contributed by atoms with Crippen molar-refractivity contribution in [2.75, 3.05) is 39.6 Å². The lowest BCUT2D eigenvalue weighted by atomic mass is 10.0. The maximum Gasteiger partial charge on any atom is 0.472 e. The van der Waals surface area contributed by atoms with E-state index in [0.717, 1.165) is 102 Å². The fourth-order valence-corrected chi connectivity index (χ4v) is 11.1. The Labute approximate surface area is 505 Å². The van der Waals surface area contributed by atoms with Gasteiger partial charge in [0.05, 0.1) is 26.4 Å². The van der Waals surface area contributed by atoms with Crippen LogP contribution in [0, 0.1) is 11.8 Å². The van der Waals surface area contributed by atoms with Crippen LogP contribution in [0.15, 0.2) is 0 Å². The summed E-state index contributed by atoms with van der Waals surface area (Å²) < 4.78 is 67.8. The average molecular weight is 1230 g/mol. The number of carbonyl (C=O) groups excluding carboxylic acids is 4. The van der Waals surface area contributed by atoms with Crippen LogP contribution >= 0.6 is 15.6 Å². The first-order valence-electron chi connectivity index (χ1n) is 33.5. The molecule has 3 N–H and O–H groups in total. The van der Waals surface area contributed by atoms with Crippen LogP contribution < -0.4 is 0 Å². The van der Waals surface area contributed by atoms with E-state index in [1.807, 2.05) is 0 Å². The number of esters is 4. The number of phosphoric ester groups is 2. The number of rotatable bonds is 63. The Kier molecular flexibility index (Phi) is 55.2. The fourth-order valence-electron chi connectivity index (χ4n) is 9.53. The molecule has 0 aliphatic heterocycles. The normalized spacial score (nSPS) is 14.3. The number of aliphatic hydroxyl groups is 1. The SMILES string of the molecule is CCCCCCCCCCCCCCC(=O)OC[C@H](COP(=O)(O)OC[C@@H](O)COP(=O)(O)OC[C@@H](COC(=O)CCCCCCC)OC(=O)CCCCCCCCC(C)C)OC(=O)CCCCCCCCCCCCCCCCC(C)C. The van der Waals surface area contributed by atoms with Crippen molar-refractivity contribution in [1.82, 2.24) is 0 Å². The number of hydrogen-bond donors (Lipinski definition) is 3. The monoisotopic (exact) mass is 1230 g/mol. The van der Waals surface area contributed by atoms with Gasteiger partial charge >= 0.3 is 39.5 Å². The molecule has 0 aliphatic rings. The molecular formula is C64H124O17P2. The van der Waals surface area contributed by atoms with Crippen LogP contribution in [0.2, 0.25) is 0 Å². The van der Waals surface area contributed by atoms with Crippen molar-refractivity contribution < 1.29 is 80.2 Å². The van der Waals surface area contributed by atoms with Gasteiger partial charge in [0.1, 0.15) is 19.3 Å². The lowest BCUT2D eigenvalue weighted by Crippen LogP contribution is -2.30. The third kappa shape index (κ3) is 58.8. The Morgan fingerprint density at radius 2 is 0.554 bits per heavy atom. The summed E-state index contributed by atoms with van der Waals surface area (Å²) in [5.74, 6) is -0.682. The van der Waals surface area contributed by atoms with Gasteiger partial charge < -0.3 is 33.8 Å². The van der Waals surface area contributed by atoms with Gasteiger partial charge in [-0.1, -0.05) is 266 Å². The van der Waals surface area contributed by atoms with Crippen molar-refractivity contribution in [2.45, 2.75) is 336 Å². The number of aliphatic hydroxyl groups excluding tert-OH is 1. The maximum absolute atomic E-state index is 13.0. The van der Waals surface area contributed by atoms with Crippen LogP contribution in [-0.4, -0.2) is 96.7 Å². The molecule has 5 atom stereocenters. The Morgan fingerprint density at radius 1 is 0.325 bits per heavy atom. The molecule has 0 aromatic heterocycles. The molecule has 17 nitrogen and oxygen atoms in total. The van der Waals surface area contributed by atoms with E-state index in [2.05, 4.69) is 41.5 Å². The molecule has 0 aromatic carbocycles. The quantitative estimate of drug-likeness (QED) is 0.0222. The van der Waals surface area contributed by atoms with E-state index in [-0.39, 0.29) is 25.7 Å². The minimum Gasteiger partial charge on any atom is -0.462 e. The topological polar surface area (TPSA) is 237 Å². The van der Waals surface area contributed by atoms with Crippen LogP contribution in [0.1, 0.15) is 318 Å². The molecule has 0 aliphatic carbocycles. The van der Waals surface area contributed by atoms with Gasteiger partial charge in [-0.25, -0.2) is 9.13 Å². The van der Waals surface area contributed by atoms with E-state index in [4.69, 9.17) is 37.0 Å². The summed E-state index contributed by atoms with van der Waals surface area (Å²) >= 11 is 0. The van der Waals surface area contributed by atoms with E-state index in [1.165, 1.54) is 128 Å². The van der Waals surface area contributed by atoms with Gasteiger partial charge in [0.15, 0.2) is 12.2 Å². The third-order valence-corrected chi connectivity index (χ3v) is 16.6. The molecular weight excluding hydrogens is 1100 g/mol. The van der Waals surface area contributed by atoms with Crippen molar-refractivity contribution in [3.63, 3.8) is 0 Å². The van der Waals surface area contributed by atoms with E-state index < -0.39 is 97.5 Å².